The van der Waals surface area contributed by atoms with Gasteiger partial charge in [-0.1, -0.05) is 41.6 Å². The summed E-state index contributed by atoms with van der Waals surface area (Å²) in [6, 6.07) is 15.3. The number of aryl methyl sites for hydroxylation is 1. The van der Waals surface area contributed by atoms with E-state index >= 15 is 0 Å². The average molecular weight is 353 g/mol. The molecule has 0 amide bonds. The zero-order valence-corrected chi connectivity index (χ0v) is 15.2. The number of ketones is 1. The predicted octanol–water partition coefficient (Wildman–Crippen LogP) is 3.77. The molecule has 1 heterocycles. The number of aromatic nitrogens is 3. The van der Waals surface area contributed by atoms with Crippen LogP contribution in [0.25, 0.3) is 11.4 Å². The fourth-order valence-electron chi connectivity index (χ4n) is 2.38. The summed E-state index contributed by atoms with van der Waals surface area (Å²) in [6.45, 7) is 2.00. The number of methoxy groups -OCH3 is 1. The SMILES string of the molecule is COc1ccc(-c2nnc(SCC(=O)c3ccc(C)cc3)n2C)cc1. The zero-order chi connectivity index (χ0) is 17.8. The Labute approximate surface area is 151 Å². The van der Waals surface area contributed by atoms with Gasteiger partial charge < -0.3 is 9.30 Å². The second-order valence-corrected chi connectivity index (χ2v) is 6.61. The zero-order valence-electron chi connectivity index (χ0n) is 14.4. The van der Waals surface area contributed by atoms with Crippen molar-refractivity contribution in [2.45, 2.75) is 12.1 Å². The number of nitrogens with zero attached hydrogens (tertiary/aromatic N) is 3. The number of carbonyl (C=O) groups is 1. The molecule has 0 atom stereocenters. The minimum Gasteiger partial charge on any atom is -0.497 e. The van der Waals surface area contributed by atoms with Crippen molar-refractivity contribution in [1.82, 2.24) is 14.8 Å². The molecule has 6 heteroatoms. The van der Waals surface area contributed by atoms with Gasteiger partial charge in [-0.2, -0.15) is 0 Å². The monoisotopic (exact) mass is 353 g/mol. The molecule has 2 aromatic carbocycles. The van der Waals surface area contributed by atoms with E-state index < -0.39 is 0 Å². The quantitative estimate of drug-likeness (QED) is 0.499. The first-order chi connectivity index (χ1) is 12.1. The Kier molecular flexibility index (Phi) is 5.19. The Hall–Kier alpha value is -2.60. The van der Waals surface area contributed by atoms with Crippen LogP contribution in [0.5, 0.6) is 5.75 Å². The van der Waals surface area contributed by atoms with Gasteiger partial charge in [-0.25, -0.2) is 0 Å². The van der Waals surface area contributed by atoms with Gasteiger partial charge in [0.05, 0.1) is 12.9 Å². The topological polar surface area (TPSA) is 57.0 Å². The van der Waals surface area contributed by atoms with E-state index in [0.29, 0.717) is 10.9 Å². The smallest absolute Gasteiger partial charge is 0.191 e. The molecule has 0 aliphatic rings. The minimum atomic E-state index is 0.0824. The van der Waals surface area contributed by atoms with Crippen LogP contribution in [0.2, 0.25) is 0 Å². The van der Waals surface area contributed by atoms with Crippen LogP contribution in [0.15, 0.2) is 53.7 Å². The summed E-state index contributed by atoms with van der Waals surface area (Å²) < 4.78 is 7.07. The maximum Gasteiger partial charge on any atom is 0.191 e. The molecule has 0 radical (unpaired) electrons. The largest absolute Gasteiger partial charge is 0.497 e. The highest BCUT2D eigenvalue weighted by molar-refractivity contribution is 7.99. The van der Waals surface area contributed by atoms with Crippen molar-refractivity contribution in [2.24, 2.45) is 7.05 Å². The van der Waals surface area contributed by atoms with E-state index in [1.807, 2.05) is 67.1 Å². The van der Waals surface area contributed by atoms with Crippen LogP contribution in [-0.2, 0) is 7.05 Å². The molecule has 0 N–H and O–H groups in total. The molecule has 25 heavy (non-hydrogen) atoms. The van der Waals surface area contributed by atoms with Crippen molar-refractivity contribution in [1.29, 1.82) is 0 Å². The van der Waals surface area contributed by atoms with Crippen LogP contribution in [0.1, 0.15) is 15.9 Å². The summed E-state index contributed by atoms with van der Waals surface area (Å²) in [4.78, 5) is 12.3. The van der Waals surface area contributed by atoms with Crippen molar-refractivity contribution in [3.05, 3.63) is 59.7 Å². The molecule has 0 saturated carbocycles. The molecule has 5 nitrogen and oxygen atoms in total. The summed E-state index contributed by atoms with van der Waals surface area (Å²) in [6.07, 6.45) is 0. The van der Waals surface area contributed by atoms with E-state index in [-0.39, 0.29) is 5.78 Å². The van der Waals surface area contributed by atoms with Crippen molar-refractivity contribution >= 4 is 17.5 Å². The third-order valence-electron chi connectivity index (χ3n) is 3.89. The molecule has 0 bridgehead atoms. The lowest BCUT2D eigenvalue weighted by atomic mass is 10.1. The van der Waals surface area contributed by atoms with Crippen LogP contribution in [0, 0.1) is 6.92 Å². The molecule has 0 spiro atoms. The number of hydrogen-bond donors (Lipinski definition) is 0. The molecule has 0 fully saturated rings. The molecular weight excluding hydrogens is 334 g/mol. The summed E-state index contributed by atoms with van der Waals surface area (Å²) in [5.41, 5.74) is 2.81. The van der Waals surface area contributed by atoms with Crippen LogP contribution in [0.3, 0.4) is 0 Å². The highest BCUT2D eigenvalue weighted by Crippen LogP contribution is 2.24. The van der Waals surface area contributed by atoms with E-state index in [1.54, 1.807) is 7.11 Å². The van der Waals surface area contributed by atoms with E-state index in [0.717, 1.165) is 28.3 Å². The number of rotatable bonds is 6. The van der Waals surface area contributed by atoms with Gasteiger partial charge in [-0.15, -0.1) is 10.2 Å². The van der Waals surface area contributed by atoms with Crippen molar-refractivity contribution in [3.8, 4) is 17.1 Å². The Morgan fingerprint density at radius 1 is 1.08 bits per heavy atom. The van der Waals surface area contributed by atoms with E-state index in [2.05, 4.69) is 10.2 Å². The molecule has 0 aliphatic heterocycles. The Morgan fingerprint density at radius 2 is 1.76 bits per heavy atom. The van der Waals surface area contributed by atoms with Gasteiger partial charge in [0.2, 0.25) is 0 Å². The standard InChI is InChI=1S/C19H19N3O2S/c1-13-4-6-14(7-5-13)17(23)12-25-19-21-20-18(22(19)2)15-8-10-16(24-3)11-9-15/h4-11H,12H2,1-3H3. The number of ether oxygens (including phenoxy) is 1. The maximum atomic E-state index is 12.3. The van der Waals surface area contributed by atoms with Gasteiger partial charge in [0, 0.05) is 18.2 Å². The maximum absolute atomic E-state index is 12.3. The average Bonchev–Trinajstić information content (AvgIpc) is 3.01. The molecule has 1 aromatic heterocycles. The summed E-state index contributed by atoms with van der Waals surface area (Å²) in [5, 5.41) is 9.16. The van der Waals surface area contributed by atoms with Crippen LogP contribution in [0.4, 0.5) is 0 Å². The number of thioether (sulfide) groups is 1. The first-order valence-electron chi connectivity index (χ1n) is 7.85. The van der Waals surface area contributed by atoms with Crippen LogP contribution in [-0.4, -0.2) is 33.4 Å². The van der Waals surface area contributed by atoms with Gasteiger partial charge in [0.25, 0.3) is 0 Å². The summed E-state index contributed by atoms with van der Waals surface area (Å²) >= 11 is 1.39. The van der Waals surface area contributed by atoms with E-state index in [9.17, 15) is 4.79 Å². The Bertz CT molecular complexity index is 871. The second-order valence-electron chi connectivity index (χ2n) is 5.67. The molecule has 0 unspecified atom stereocenters. The third-order valence-corrected chi connectivity index (χ3v) is 4.91. The molecule has 128 valence electrons. The van der Waals surface area contributed by atoms with Gasteiger partial charge in [0.15, 0.2) is 16.8 Å². The lowest BCUT2D eigenvalue weighted by Crippen LogP contribution is -2.04. The molecular formula is C19H19N3O2S. The number of Topliss-reactive ketones (excluding diaryl/α,β-unsaturated/α-hetero) is 1. The highest BCUT2D eigenvalue weighted by Gasteiger charge is 2.14. The highest BCUT2D eigenvalue weighted by atomic mass is 32.2. The first-order valence-corrected chi connectivity index (χ1v) is 8.83. The second kappa shape index (κ2) is 7.53. The first kappa shape index (κ1) is 17.2. The van der Waals surface area contributed by atoms with Gasteiger partial charge in [-0.3, -0.25) is 4.79 Å². The predicted molar refractivity (Wildman–Crippen MR) is 99.2 cm³/mol. The van der Waals surface area contributed by atoms with Gasteiger partial charge in [-0.05, 0) is 31.2 Å². The lowest BCUT2D eigenvalue weighted by Gasteiger charge is -2.05. The van der Waals surface area contributed by atoms with Gasteiger partial charge >= 0.3 is 0 Å². The summed E-state index contributed by atoms with van der Waals surface area (Å²) in [5.74, 6) is 1.97. The molecule has 0 aliphatic carbocycles. The molecule has 3 rings (SSSR count). The van der Waals surface area contributed by atoms with Crippen LogP contribution < -0.4 is 4.74 Å². The third kappa shape index (κ3) is 3.91. The van der Waals surface area contributed by atoms with Crippen molar-refractivity contribution in [3.63, 3.8) is 0 Å². The lowest BCUT2D eigenvalue weighted by molar-refractivity contribution is 0.102. The van der Waals surface area contributed by atoms with Crippen molar-refractivity contribution < 1.29 is 9.53 Å². The van der Waals surface area contributed by atoms with Crippen LogP contribution >= 0.6 is 11.8 Å². The molecule has 0 saturated heterocycles. The summed E-state index contributed by atoms with van der Waals surface area (Å²) in [7, 11) is 3.54. The molecule has 3 aromatic rings. The minimum absolute atomic E-state index is 0.0824. The van der Waals surface area contributed by atoms with E-state index in [4.69, 9.17) is 4.74 Å². The number of hydrogen-bond acceptors (Lipinski definition) is 5. The number of benzene rings is 2. The fourth-order valence-corrected chi connectivity index (χ4v) is 3.19. The normalized spacial score (nSPS) is 10.7. The van der Waals surface area contributed by atoms with E-state index in [1.165, 1.54) is 11.8 Å². The Balaban J connectivity index is 1.70. The Morgan fingerprint density at radius 3 is 2.40 bits per heavy atom. The fraction of sp³-hybridized carbons (Fsp3) is 0.211. The number of carbonyl (C=O) groups excluding carboxylic acids is 1. The van der Waals surface area contributed by atoms with Gasteiger partial charge in [0.1, 0.15) is 5.75 Å². The van der Waals surface area contributed by atoms with Crippen molar-refractivity contribution in [2.75, 3.05) is 12.9 Å².